The van der Waals surface area contributed by atoms with E-state index in [-0.39, 0.29) is 23.4 Å². The molecule has 1 aromatic carbocycles. The Bertz CT molecular complexity index is 749. The minimum absolute atomic E-state index is 0.0837. The third kappa shape index (κ3) is 5.59. The van der Waals surface area contributed by atoms with Crippen LogP contribution in [0.3, 0.4) is 0 Å². The molecule has 2 N–H and O–H groups in total. The lowest BCUT2D eigenvalue weighted by Crippen LogP contribution is -2.43. The van der Waals surface area contributed by atoms with Crippen molar-refractivity contribution in [3.8, 4) is 5.75 Å². The molecule has 27 heavy (non-hydrogen) atoms. The molecule has 1 fully saturated rings. The van der Waals surface area contributed by atoms with Gasteiger partial charge in [-0.25, -0.2) is 12.7 Å². The van der Waals surface area contributed by atoms with E-state index in [1.807, 2.05) is 0 Å². The van der Waals surface area contributed by atoms with E-state index in [2.05, 4.69) is 17.6 Å². The Balaban J connectivity index is 2.07. The molecule has 8 heteroatoms. The number of hydrogen-bond donors (Lipinski definition) is 2. The van der Waals surface area contributed by atoms with Gasteiger partial charge in [0.1, 0.15) is 10.6 Å². The normalized spacial score (nSPS) is 20.3. The predicted octanol–water partition coefficient (Wildman–Crippen LogP) is 2.44. The summed E-state index contributed by atoms with van der Waals surface area (Å²) in [5.74, 6) is 0.710. The maximum Gasteiger partial charge on any atom is 0.246 e. The van der Waals surface area contributed by atoms with Crippen molar-refractivity contribution < 1.29 is 17.9 Å². The molecule has 1 aliphatic carbocycles. The van der Waals surface area contributed by atoms with Gasteiger partial charge >= 0.3 is 0 Å². The van der Waals surface area contributed by atoms with Crippen LogP contribution in [0.2, 0.25) is 0 Å². The van der Waals surface area contributed by atoms with Crippen LogP contribution in [0.15, 0.2) is 23.1 Å². The van der Waals surface area contributed by atoms with E-state index in [0.717, 1.165) is 23.6 Å². The Morgan fingerprint density at radius 1 is 1.26 bits per heavy atom. The van der Waals surface area contributed by atoms with Crippen LogP contribution >= 0.6 is 0 Å². The molecule has 7 nitrogen and oxygen atoms in total. The maximum atomic E-state index is 12.6. The Morgan fingerprint density at radius 2 is 1.96 bits per heavy atom. The van der Waals surface area contributed by atoms with Gasteiger partial charge in [0.2, 0.25) is 15.9 Å². The quantitative estimate of drug-likeness (QED) is 0.703. The van der Waals surface area contributed by atoms with E-state index in [4.69, 9.17) is 4.74 Å². The summed E-state index contributed by atoms with van der Waals surface area (Å²) in [6.07, 6.45) is 4.53. The molecular weight excluding hydrogens is 366 g/mol. The highest BCUT2D eigenvalue weighted by Crippen LogP contribution is 2.29. The third-order valence-corrected chi connectivity index (χ3v) is 6.75. The number of rotatable bonds is 8. The molecule has 0 saturated heterocycles. The van der Waals surface area contributed by atoms with E-state index >= 15 is 0 Å². The van der Waals surface area contributed by atoms with E-state index in [1.165, 1.54) is 26.6 Å². The first-order valence-corrected chi connectivity index (χ1v) is 10.9. The summed E-state index contributed by atoms with van der Waals surface area (Å²) in [5.41, 5.74) is 0.561. The minimum Gasteiger partial charge on any atom is -0.492 e. The van der Waals surface area contributed by atoms with Crippen LogP contribution in [0.4, 0.5) is 5.69 Å². The van der Waals surface area contributed by atoms with Crippen molar-refractivity contribution in [1.29, 1.82) is 0 Å². The maximum absolute atomic E-state index is 12.6. The van der Waals surface area contributed by atoms with Crippen LogP contribution in [0, 0.1) is 5.92 Å². The lowest BCUT2D eigenvalue weighted by molar-refractivity contribution is -0.120. The molecule has 1 saturated carbocycles. The average Bonchev–Trinajstić information content (AvgIpc) is 2.62. The van der Waals surface area contributed by atoms with E-state index in [1.54, 1.807) is 19.1 Å². The van der Waals surface area contributed by atoms with Crippen molar-refractivity contribution in [2.45, 2.75) is 50.5 Å². The van der Waals surface area contributed by atoms with Gasteiger partial charge in [0.25, 0.3) is 0 Å². The fraction of sp³-hybridized carbons (Fsp3) is 0.632. The zero-order valence-corrected chi connectivity index (χ0v) is 17.4. The van der Waals surface area contributed by atoms with Gasteiger partial charge in [-0.15, -0.1) is 0 Å². The Morgan fingerprint density at radius 3 is 2.59 bits per heavy atom. The van der Waals surface area contributed by atoms with Gasteiger partial charge < -0.3 is 15.4 Å². The Kier molecular flexibility index (Phi) is 7.49. The van der Waals surface area contributed by atoms with Crippen molar-refractivity contribution >= 4 is 21.6 Å². The molecule has 0 aromatic heterocycles. The number of ether oxygens (including phenoxy) is 1. The summed E-state index contributed by atoms with van der Waals surface area (Å²) >= 11 is 0. The number of nitrogens with one attached hydrogen (secondary N) is 2. The average molecular weight is 398 g/mol. The number of carbonyl (C=O) groups excluding carboxylic acids is 1. The summed E-state index contributed by atoms with van der Waals surface area (Å²) in [7, 11) is -0.701. The van der Waals surface area contributed by atoms with Crippen molar-refractivity contribution in [3.05, 3.63) is 18.2 Å². The number of hydrogen-bond acceptors (Lipinski definition) is 5. The number of anilines is 1. The first kappa shape index (κ1) is 21.5. The zero-order chi connectivity index (χ0) is 20.0. The molecule has 1 aromatic rings. The summed E-state index contributed by atoms with van der Waals surface area (Å²) in [6, 6.07) is 5.06. The first-order chi connectivity index (χ1) is 12.8. The predicted molar refractivity (Wildman–Crippen MR) is 107 cm³/mol. The monoisotopic (exact) mass is 397 g/mol. The number of carbonyl (C=O) groups is 1. The molecule has 0 spiro atoms. The molecule has 1 amide bonds. The summed E-state index contributed by atoms with van der Waals surface area (Å²) in [4.78, 5) is 12.3. The second kappa shape index (κ2) is 9.41. The summed E-state index contributed by atoms with van der Waals surface area (Å²) in [6.45, 7) is 4.43. The topological polar surface area (TPSA) is 87.7 Å². The van der Waals surface area contributed by atoms with Crippen molar-refractivity contribution in [2.24, 2.45) is 5.92 Å². The summed E-state index contributed by atoms with van der Waals surface area (Å²) < 4.78 is 31.7. The molecule has 2 atom stereocenters. The smallest absolute Gasteiger partial charge is 0.246 e. The lowest BCUT2D eigenvalue weighted by Gasteiger charge is -2.29. The van der Waals surface area contributed by atoms with Gasteiger partial charge in [-0.3, -0.25) is 4.79 Å². The highest BCUT2D eigenvalue weighted by atomic mass is 32.2. The number of nitrogens with zero attached hydrogens (tertiary/aromatic N) is 1. The molecule has 152 valence electrons. The van der Waals surface area contributed by atoms with E-state index < -0.39 is 10.0 Å². The second-order valence-electron chi connectivity index (χ2n) is 7.17. The molecule has 0 heterocycles. The van der Waals surface area contributed by atoms with Crippen LogP contribution < -0.4 is 15.4 Å². The lowest BCUT2D eigenvalue weighted by atomic mass is 9.86. The van der Waals surface area contributed by atoms with Gasteiger partial charge in [0.05, 0.1) is 13.2 Å². The Labute approximate surface area is 162 Å². The third-order valence-electron chi connectivity index (χ3n) is 4.91. The molecule has 0 bridgehead atoms. The summed E-state index contributed by atoms with van der Waals surface area (Å²) in [5, 5.41) is 6.10. The van der Waals surface area contributed by atoms with Crippen LogP contribution in [-0.4, -0.2) is 51.9 Å². The van der Waals surface area contributed by atoms with Crippen molar-refractivity contribution in [2.75, 3.05) is 32.6 Å². The molecule has 1 aliphatic rings. The molecule has 0 aliphatic heterocycles. The van der Waals surface area contributed by atoms with Gasteiger partial charge in [-0.1, -0.05) is 19.8 Å². The van der Waals surface area contributed by atoms with Gasteiger partial charge in [-0.05, 0) is 43.9 Å². The standard InChI is InChI=1S/C19H31N3O4S/c1-5-26-17-11-10-15(12-18(17)27(24,25)22(3)4)20-13-19(23)21-16-9-7-6-8-14(16)2/h10-12,14,16,20H,5-9,13H2,1-4H3,(H,21,23)/t14-,16+/m1/s1. The van der Waals surface area contributed by atoms with Crippen LogP contribution in [0.1, 0.15) is 39.5 Å². The van der Waals surface area contributed by atoms with Crippen LogP contribution in [-0.2, 0) is 14.8 Å². The number of amides is 1. The number of benzene rings is 1. The molecule has 0 radical (unpaired) electrons. The highest BCUT2D eigenvalue weighted by molar-refractivity contribution is 7.89. The number of sulfonamides is 1. The fourth-order valence-corrected chi connectivity index (χ4v) is 4.31. The van der Waals surface area contributed by atoms with Crippen molar-refractivity contribution in [1.82, 2.24) is 9.62 Å². The first-order valence-electron chi connectivity index (χ1n) is 9.48. The Hall–Kier alpha value is -1.80. The van der Waals surface area contributed by atoms with E-state index in [9.17, 15) is 13.2 Å². The van der Waals surface area contributed by atoms with Gasteiger partial charge in [-0.2, -0.15) is 0 Å². The van der Waals surface area contributed by atoms with E-state index in [0.29, 0.717) is 24.0 Å². The SMILES string of the molecule is CCOc1ccc(NCC(=O)N[C@H]2CCCC[C@H]2C)cc1S(=O)(=O)N(C)C. The van der Waals surface area contributed by atoms with Crippen LogP contribution in [0.5, 0.6) is 5.75 Å². The van der Waals surface area contributed by atoms with Gasteiger partial charge in [0.15, 0.2) is 0 Å². The minimum atomic E-state index is -3.65. The highest BCUT2D eigenvalue weighted by Gasteiger charge is 2.24. The fourth-order valence-electron chi connectivity index (χ4n) is 3.26. The zero-order valence-electron chi connectivity index (χ0n) is 16.6. The molecule has 0 unspecified atom stereocenters. The second-order valence-corrected chi connectivity index (χ2v) is 9.29. The van der Waals surface area contributed by atoms with Gasteiger partial charge in [0, 0.05) is 25.8 Å². The molecular formula is C19H31N3O4S. The molecule has 2 rings (SSSR count). The van der Waals surface area contributed by atoms with Crippen LogP contribution in [0.25, 0.3) is 0 Å². The van der Waals surface area contributed by atoms with Crippen molar-refractivity contribution in [3.63, 3.8) is 0 Å². The largest absolute Gasteiger partial charge is 0.492 e.